The summed E-state index contributed by atoms with van der Waals surface area (Å²) in [5.41, 5.74) is 2.02. The molecule has 14 heavy (non-hydrogen) atoms. The van der Waals surface area contributed by atoms with Crippen molar-refractivity contribution < 1.29 is 4.39 Å². The summed E-state index contributed by atoms with van der Waals surface area (Å²) in [6.07, 6.45) is 3.71. The van der Waals surface area contributed by atoms with Crippen LogP contribution in [0.1, 0.15) is 36.4 Å². The summed E-state index contributed by atoms with van der Waals surface area (Å²) in [5.74, 6) is 0. The quantitative estimate of drug-likeness (QED) is 0.761. The summed E-state index contributed by atoms with van der Waals surface area (Å²) in [6.45, 7) is 0.727. The molecule has 0 aromatic heterocycles. The molecule has 1 saturated heterocycles. The molecule has 0 radical (unpaired) electrons. The van der Waals surface area contributed by atoms with Gasteiger partial charge in [0.15, 0.2) is 0 Å². The Bertz CT molecular complexity index is 292. The van der Waals surface area contributed by atoms with Crippen LogP contribution in [0.4, 0.5) is 4.39 Å². The monoisotopic (exact) mass is 193 g/mol. The molecule has 1 heterocycles. The number of rotatable bonds is 2. The molecule has 1 N–H and O–H groups in total. The van der Waals surface area contributed by atoms with Gasteiger partial charge in [0.25, 0.3) is 0 Å². The Morgan fingerprint density at radius 1 is 1.36 bits per heavy atom. The maximum Gasteiger partial charge on any atom is 0.115 e. The van der Waals surface area contributed by atoms with Gasteiger partial charge in [-0.05, 0) is 30.5 Å². The van der Waals surface area contributed by atoms with E-state index in [0.717, 1.165) is 12.1 Å². The topological polar surface area (TPSA) is 12.0 Å². The molecule has 76 valence electrons. The molecule has 1 unspecified atom stereocenters. The van der Waals surface area contributed by atoms with Gasteiger partial charge in [0.05, 0.1) is 0 Å². The van der Waals surface area contributed by atoms with Gasteiger partial charge in [-0.15, -0.1) is 0 Å². The summed E-state index contributed by atoms with van der Waals surface area (Å²) < 4.78 is 12.5. The Morgan fingerprint density at radius 3 is 3.00 bits per heavy atom. The van der Waals surface area contributed by atoms with E-state index in [1.54, 1.807) is 0 Å². The van der Waals surface area contributed by atoms with Crippen molar-refractivity contribution in [3.05, 3.63) is 35.4 Å². The fourth-order valence-electron chi connectivity index (χ4n) is 2.03. The van der Waals surface area contributed by atoms with Crippen LogP contribution in [-0.4, -0.2) is 6.54 Å². The maximum absolute atomic E-state index is 12.5. The molecule has 1 nitrogen and oxygen atoms in total. The third kappa shape index (κ3) is 2.13. The van der Waals surface area contributed by atoms with E-state index < -0.39 is 0 Å². The highest BCUT2D eigenvalue weighted by molar-refractivity contribution is 5.25. The molecule has 1 fully saturated rings. The normalized spacial score (nSPS) is 22.2. The molecular formula is C12H16FN. The molecule has 1 aliphatic rings. The average molecular weight is 193 g/mol. The first kappa shape index (κ1) is 9.66. The Morgan fingerprint density at radius 2 is 2.29 bits per heavy atom. The van der Waals surface area contributed by atoms with Crippen molar-refractivity contribution in [2.24, 2.45) is 0 Å². The highest BCUT2D eigenvalue weighted by atomic mass is 19.1. The van der Waals surface area contributed by atoms with Crippen LogP contribution in [0.5, 0.6) is 0 Å². The van der Waals surface area contributed by atoms with Crippen LogP contribution in [0.15, 0.2) is 24.3 Å². The summed E-state index contributed by atoms with van der Waals surface area (Å²) in [4.78, 5) is 0. The van der Waals surface area contributed by atoms with Crippen molar-refractivity contribution in [1.82, 2.24) is 5.32 Å². The van der Waals surface area contributed by atoms with Gasteiger partial charge in [0.2, 0.25) is 0 Å². The molecule has 0 aliphatic carbocycles. The first-order valence-corrected chi connectivity index (χ1v) is 5.28. The van der Waals surface area contributed by atoms with Gasteiger partial charge in [-0.25, -0.2) is 4.39 Å². The second kappa shape index (κ2) is 4.56. The van der Waals surface area contributed by atoms with Crippen LogP contribution in [0.2, 0.25) is 0 Å². The van der Waals surface area contributed by atoms with Gasteiger partial charge in [-0.2, -0.15) is 0 Å². The minimum Gasteiger partial charge on any atom is -0.310 e. The molecule has 2 rings (SSSR count). The number of piperidine rings is 1. The molecule has 2 heteroatoms. The smallest absolute Gasteiger partial charge is 0.115 e. The largest absolute Gasteiger partial charge is 0.310 e. The van der Waals surface area contributed by atoms with Crippen molar-refractivity contribution in [3.63, 3.8) is 0 Å². The minimum atomic E-state index is -0.361. The highest BCUT2D eigenvalue weighted by Crippen LogP contribution is 2.23. The number of hydrogen-bond donors (Lipinski definition) is 1. The third-order valence-corrected chi connectivity index (χ3v) is 2.82. The molecule has 0 bridgehead atoms. The zero-order valence-electron chi connectivity index (χ0n) is 8.30. The van der Waals surface area contributed by atoms with E-state index in [2.05, 4.69) is 11.4 Å². The van der Waals surface area contributed by atoms with Crippen molar-refractivity contribution in [2.45, 2.75) is 32.0 Å². The second-order valence-electron chi connectivity index (χ2n) is 3.88. The summed E-state index contributed by atoms with van der Waals surface area (Å²) in [5, 5.41) is 3.46. The van der Waals surface area contributed by atoms with E-state index in [4.69, 9.17) is 0 Å². The second-order valence-corrected chi connectivity index (χ2v) is 3.88. The fraction of sp³-hybridized carbons (Fsp3) is 0.500. The lowest BCUT2D eigenvalue weighted by molar-refractivity contribution is 0.411. The Hall–Kier alpha value is -0.890. The molecule has 1 aromatic rings. The first-order valence-electron chi connectivity index (χ1n) is 5.28. The molecular weight excluding hydrogens is 177 g/mol. The van der Waals surface area contributed by atoms with Crippen LogP contribution >= 0.6 is 0 Å². The van der Waals surface area contributed by atoms with E-state index in [-0.39, 0.29) is 6.67 Å². The fourth-order valence-corrected chi connectivity index (χ4v) is 2.03. The predicted octanol–water partition coefficient (Wildman–Crippen LogP) is 2.97. The lowest BCUT2D eigenvalue weighted by Crippen LogP contribution is -2.26. The van der Waals surface area contributed by atoms with Gasteiger partial charge < -0.3 is 5.32 Å². The molecule has 1 aliphatic heterocycles. The zero-order valence-corrected chi connectivity index (χ0v) is 8.30. The third-order valence-electron chi connectivity index (χ3n) is 2.82. The van der Waals surface area contributed by atoms with Crippen LogP contribution in [0.25, 0.3) is 0 Å². The lowest BCUT2D eigenvalue weighted by atomic mass is 9.96. The standard InChI is InChI=1S/C12H16FN/c13-9-10-4-3-5-11(8-10)12-6-1-2-7-14-12/h3-5,8,12,14H,1-2,6-7,9H2. The van der Waals surface area contributed by atoms with E-state index in [0.29, 0.717) is 6.04 Å². The SMILES string of the molecule is FCc1cccc(C2CCCCN2)c1. The Balaban J connectivity index is 2.13. The van der Waals surface area contributed by atoms with Gasteiger partial charge in [0, 0.05) is 6.04 Å². The van der Waals surface area contributed by atoms with E-state index in [1.165, 1.54) is 24.8 Å². The molecule has 0 amide bonds. The van der Waals surface area contributed by atoms with Gasteiger partial charge in [-0.1, -0.05) is 30.7 Å². The van der Waals surface area contributed by atoms with Crippen LogP contribution < -0.4 is 5.32 Å². The summed E-state index contributed by atoms with van der Waals surface area (Å²) in [7, 11) is 0. The molecule has 1 atom stereocenters. The number of benzene rings is 1. The van der Waals surface area contributed by atoms with Crippen molar-refractivity contribution in [2.75, 3.05) is 6.54 Å². The lowest BCUT2D eigenvalue weighted by Gasteiger charge is -2.24. The zero-order chi connectivity index (χ0) is 9.80. The molecule has 1 aromatic carbocycles. The van der Waals surface area contributed by atoms with Gasteiger partial charge in [-0.3, -0.25) is 0 Å². The number of alkyl halides is 1. The van der Waals surface area contributed by atoms with Crippen LogP contribution in [0.3, 0.4) is 0 Å². The van der Waals surface area contributed by atoms with Crippen molar-refractivity contribution in [1.29, 1.82) is 0 Å². The van der Waals surface area contributed by atoms with Gasteiger partial charge >= 0.3 is 0 Å². The minimum absolute atomic E-state index is 0.361. The van der Waals surface area contributed by atoms with E-state index >= 15 is 0 Å². The van der Waals surface area contributed by atoms with E-state index in [1.807, 2.05) is 18.2 Å². The molecule has 0 spiro atoms. The predicted molar refractivity (Wildman–Crippen MR) is 55.8 cm³/mol. The Labute approximate surface area is 84.3 Å². The average Bonchev–Trinajstić information content (AvgIpc) is 2.30. The Kier molecular flexibility index (Phi) is 3.14. The van der Waals surface area contributed by atoms with Crippen LogP contribution in [-0.2, 0) is 6.67 Å². The maximum atomic E-state index is 12.5. The van der Waals surface area contributed by atoms with Gasteiger partial charge in [0.1, 0.15) is 6.67 Å². The number of nitrogens with one attached hydrogen (secondary N) is 1. The molecule has 0 saturated carbocycles. The van der Waals surface area contributed by atoms with Crippen LogP contribution in [0, 0.1) is 0 Å². The summed E-state index contributed by atoms with van der Waals surface area (Å²) >= 11 is 0. The van der Waals surface area contributed by atoms with Crippen molar-refractivity contribution >= 4 is 0 Å². The van der Waals surface area contributed by atoms with E-state index in [9.17, 15) is 4.39 Å². The van der Waals surface area contributed by atoms with Crippen molar-refractivity contribution in [3.8, 4) is 0 Å². The first-order chi connectivity index (χ1) is 6.90. The number of halogens is 1. The summed E-state index contributed by atoms with van der Waals surface area (Å²) in [6, 6.07) is 8.29. The number of hydrogen-bond acceptors (Lipinski definition) is 1. The highest BCUT2D eigenvalue weighted by Gasteiger charge is 2.14.